The molecule has 0 aromatic rings. The Hall–Kier alpha value is -1.39. The number of ketones is 1. The second-order valence-corrected chi connectivity index (χ2v) is 3.97. The highest BCUT2D eigenvalue weighted by Gasteiger charge is 2.48. The Kier molecular flexibility index (Phi) is 3.12. The molecule has 0 N–H and O–H groups in total. The molecule has 5 nitrogen and oxygen atoms in total. The molecule has 0 saturated carbocycles. The van der Waals surface area contributed by atoms with Gasteiger partial charge in [-0.3, -0.25) is 14.4 Å². The highest BCUT2D eigenvalue weighted by Crippen LogP contribution is 2.32. The lowest BCUT2D eigenvalue weighted by Gasteiger charge is -2.27. The van der Waals surface area contributed by atoms with E-state index in [1.165, 1.54) is 13.8 Å². The van der Waals surface area contributed by atoms with Crippen molar-refractivity contribution >= 4 is 17.7 Å². The third-order valence-corrected chi connectivity index (χ3v) is 2.29. The van der Waals surface area contributed by atoms with E-state index in [1.54, 1.807) is 6.92 Å². The minimum Gasteiger partial charge on any atom is -0.458 e. The van der Waals surface area contributed by atoms with Crippen molar-refractivity contribution in [2.75, 3.05) is 0 Å². The van der Waals surface area contributed by atoms with Gasteiger partial charge in [-0.25, -0.2) is 0 Å². The fraction of sp³-hybridized carbons (Fsp3) is 0.700. The molecule has 0 unspecified atom stereocenters. The van der Waals surface area contributed by atoms with E-state index in [4.69, 9.17) is 9.47 Å². The Balaban J connectivity index is 2.79. The van der Waals surface area contributed by atoms with E-state index >= 15 is 0 Å². The van der Waals surface area contributed by atoms with Crippen LogP contribution in [0.2, 0.25) is 0 Å². The highest BCUT2D eigenvalue weighted by molar-refractivity contribution is 5.80. The van der Waals surface area contributed by atoms with Gasteiger partial charge in [0.05, 0.1) is 6.42 Å². The van der Waals surface area contributed by atoms with Crippen molar-refractivity contribution in [2.45, 2.75) is 45.3 Å². The first kappa shape index (κ1) is 11.7. The van der Waals surface area contributed by atoms with Crippen LogP contribution in [0.5, 0.6) is 0 Å². The van der Waals surface area contributed by atoms with Gasteiger partial charge in [-0.1, -0.05) is 0 Å². The van der Waals surface area contributed by atoms with Gasteiger partial charge in [-0.2, -0.15) is 0 Å². The maximum Gasteiger partial charge on any atom is 0.310 e. The summed E-state index contributed by atoms with van der Waals surface area (Å²) in [5.41, 5.74) is -1.01. The summed E-state index contributed by atoms with van der Waals surface area (Å²) in [5.74, 6) is -1.03. The van der Waals surface area contributed by atoms with E-state index in [0.29, 0.717) is 0 Å². The first-order valence-electron chi connectivity index (χ1n) is 4.72. The molecule has 0 spiro atoms. The zero-order valence-corrected chi connectivity index (χ0v) is 9.03. The minimum atomic E-state index is -1.01. The summed E-state index contributed by atoms with van der Waals surface area (Å²) in [6.07, 6.45) is -0.577. The number of hydrogen-bond donors (Lipinski definition) is 0. The van der Waals surface area contributed by atoms with E-state index in [1.807, 2.05) is 0 Å². The number of carbonyl (C=O) groups is 3. The van der Waals surface area contributed by atoms with Crippen molar-refractivity contribution < 1.29 is 23.9 Å². The van der Waals surface area contributed by atoms with E-state index < -0.39 is 23.6 Å². The van der Waals surface area contributed by atoms with Crippen LogP contribution in [0.25, 0.3) is 0 Å². The molecular weight excluding hydrogens is 200 g/mol. The lowest BCUT2D eigenvalue weighted by Crippen LogP contribution is -2.40. The molecule has 0 aromatic heterocycles. The molecule has 15 heavy (non-hydrogen) atoms. The summed E-state index contributed by atoms with van der Waals surface area (Å²) < 4.78 is 10.00. The Labute approximate surface area is 87.7 Å². The largest absolute Gasteiger partial charge is 0.458 e. The van der Waals surface area contributed by atoms with Crippen LogP contribution in [-0.4, -0.2) is 29.4 Å². The van der Waals surface area contributed by atoms with Gasteiger partial charge >= 0.3 is 11.9 Å². The van der Waals surface area contributed by atoms with Gasteiger partial charge in [0.25, 0.3) is 0 Å². The van der Waals surface area contributed by atoms with Gasteiger partial charge < -0.3 is 9.47 Å². The van der Waals surface area contributed by atoms with E-state index in [9.17, 15) is 14.4 Å². The third-order valence-electron chi connectivity index (χ3n) is 2.29. The van der Waals surface area contributed by atoms with Crippen LogP contribution in [0.4, 0.5) is 0 Å². The predicted octanol–water partition coefficient (Wildman–Crippen LogP) is 0.603. The molecule has 1 rings (SSSR count). The van der Waals surface area contributed by atoms with Crippen LogP contribution in [0.15, 0.2) is 0 Å². The van der Waals surface area contributed by atoms with Crippen LogP contribution >= 0.6 is 0 Å². The van der Waals surface area contributed by atoms with Crippen molar-refractivity contribution in [3.8, 4) is 0 Å². The monoisotopic (exact) mass is 214 g/mol. The van der Waals surface area contributed by atoms with Gasteiger partial charge in [-0.15, -0.1) is 0 Å². The molecule has 0 bridgehead atoms. The first-order valence-corrected chi connectivity index (χ1v) is 4.72. The summed E-state index contributed by atoms with van der Waals surface area (Å²) in [7, 11) is 0. The summed E-state index contributed by atoms with van der Waals surface area (Å²) in [6, 6.07) is 0. The third kappa shape index (κ3) is 2.78. The molecule has 1 heterocycles. The number of Topliss-reactive ketones (excluding diaryl/α,β-unsaturated/α-hetero) is 1. The lowest BCUT2D eigenvalue weighted by atomic mass is 9.93. The molecule has 0 aliphatic carbocycles. The molecule has 0 aromatic carbocycles. The maximum atomic E-state index is 11.1. The van der Waals surface area contributed by atoms with Crippen molar-refractivity contribution in [1.29, 1.82) is 0 Å². The summed E-state index contributed by atoms with van der Waals surface area (Å²) >= 11 is 0. The van der Waals surface area contributed by atoms with Crippen LogP contribution in [0, 0.1) is 0 Å². The maximum absolute atomic E-state index is 11.1. The molecule has 1 aliphatic heterocycles. The summed E-state index contributed by atoms with van der Waals surface area (Å²) in [6.45, 7) is 4.27. The zero-order valence-electron chi connectivity index (χ0n) is 9.03. The van der Waals surface area contributed by atoms with Gasteiger partial charge in [0, 0.05) is 13.3 Å². The summed E-state index contributed by atoms with van der Waals surface area (Å²) in [4.78, 5) is 32.9. The van der Waals surface area contributed by atoms with Crippen molar-refractivity contribution in [3.63, 3.8) is 0 Å². The normalized spacial score (nSPS) is 29.8. The number of carbonyl (C=O) groups excluding carboxylic acids is 3. The van der Waals surface area contributed by atoms with E-state index in [0.717, 1.165) is 0 Å². The van der Waals surface area contributed by atoms with Crippen LogP contribution in [-0.2, 0) is 23.9 Å². The second kappa shape index (κ2) is 4.00. The lowest BCUT2D eigenvalue weighted by molar-refractivity contribution is -0.162. The van der Waals surface area contributed by atoms with Crippen LogP contribution < -0.4 is 0 Å². The Morgan fingerprint density at radius 2 is 2.13 bits per heavy atom. The molecule has 2 atom stereocenters. The topological polar surface area (TPSA) is 69.7 Å². The van der Waals surface area contributed by atoms with Gasteiger partial charge in [0.1, 0.15) is 5.78 Å². The van der Waals surface area contributed by atoms with Crippen LogP contribution in [0.1, 0.15) is 33.6 Å². The molecule has 5 heteroatoms. The Bertz CT molecular complexity index is 309. The number of rotatable bonds is 3. The molecule has 0 amide bonds. The standard InChI is InChI=1S/C10H14O5/c1-6(11)5-10(3)8(14-7(2)12)4-9(13)15-10/h8H,4-5H2,1-3H3/t8-,10+/m0/s1. The quantitative estimate of drug-likeness (QED) is 0.643. The number of ether oxygens (including phenoxy) is 2. The number of cyclic esters (lactones) is 1. The zero-order chi connectivity index (χ0) is 11.6. The fourth-order valence-electron chi connectivity index (χ4n) is 1.75. The smallest absolute Gasteiger partial charge is 0.310 e. The predicted molar refractivity (Wildman–Crippen MR) is 50.0 cm³/mol. The van der Waals surface area contributed by atoms with Gasteiger partial charge in [0.2, 0.25) is 0 Å². The SMILES string of the molecule is CC(=O)C[C@@]1(C)OC(=O)C[C@@H]1OC(C)=O. The number of esters is 2. The Morgan fingerprint density at radius 1 is 1.53 bits per heavy atom. The molecular formula is C10H14O5. The Morgan fingerprint density at radius 3 is 2.60 bits per heavy atom. The number of hydrogen-bond acceptors (Lipinski definition) is 5. The molecule has 1 saturated heterocycles. The average Bonchev–Trinajstić information content (AvgIpc) is 2.22. The first-order chi connectivity index (χ1) is 6.83. The minimum absolute atomic E-state index is 0.0172. The van der Waals surface area contributed by atoms with E-state index in [2.05, 4.69) is 0 Å². The van der Waals surface area contributed by atoms with E-state index in [-0.39, 0.29) is 18.6 Å². The van der Waals surface area contributed by atoms with Crippen LogP contribution in [0.3, 0.4) is 0 Å². The average molecular weight is 214 g/mol. The summed E-state index contributed by atoms with van der Waals surface area (Å²) in [5, 5.41) is 0. The van der Waals surface area contributed by atoms with Crippen molar-refractivity contribution in [3.05, 3.63) is 0 Å². The molecule has 1 fully saturated rings. The van der Waals surface area contributed by atoms with Crippen molar-refractivity contribution in [1.82, 2.24) is 0 Å². The molecule has 1 aliphatic rings. The van der Waals surface area contributed by atoms with Gasteiger partial charge in [-0.05, 0) is 13.8 Å². The molecule has 0 radical (unpaired) electrons. The fourth-order valence-corrected chi connectivity index (χ4v) is 1.75. The highest BCUT2D eigenvalue weighted by atomic mass is 16.6. The van der Waals surface area contributed by atoms with Crippen molar-refractivity contribution in [2.24, 2.45) is 0 Å². The second-order valence-electron chi connectivity index (χ2n) is 3.97. The van der Waals surface area contributed by atoms with Gasteiger partial charge in [0.15, 0.2) is 11.7 Å². The molecule has 84 valence electrons.